The van der Waals surface area contributed by atoms with Crippen molar-refractivity contribution in [2.75, 3.05) is 19.6 Å². The van der Waals surface area contributed by atoms with Crippen LogP contribution in [0.2, 0.25) is 0 Å². The lowest BCUT2D eigenvalue weighted by atomic mass is 10.8. The average Bonchev–Trinajstić information content (AvgIpc) is 2.16. The maximum atomic E-state index is 9.00. The first-order chi connectivity index (χ1) is 9.44. The summed E-state index contributed by atoms with van der Waals surface area (Å²) in [5, 5.41) is 22.2. The Morgan fingerprint density at radius 1 is 0.619 bits per heavy atom. The van der Waals surface area contributed by atoms with Crippen LogP contribution in [0, 0.1) is 0 Å². The predicted molar refractivity (Wildman–Crippen MR) is 84.1 cm³/mol. The Balaban J connectivity index is -0.0000000324. The van der Waals surface area contributed by atoms with Gasteiger partial charge in [0.05, 0.1) is 0 Å². The van der Waals surface area contributed by atoms with Crippen LogP contribution in [-0.2, 0) is 14.4 Å². The molecule has 0 saturated heterocycles. The van der Waals surface area contributed by atoms with Gasteiger partial charge in [0.25, 0.3) is 17.9 Å². The van der Waals surface area contributed by atoms with Crippen molar-refractivity contribution in [1.29, 1.82) is 0 Å². The van der Waals surface area contributed by atoms with Crippen molar-refractivity contribution < 1.29 is 29.7 Å². The summed E-state index contributed by atoms with van der Waals surface area (Å²) in [6.07, 6.45) is 0. The number of carboxylic acid groups (broad SMARTS) is 3. The Morgan fingerprint density at radius 2 is 0.619 bits per heavy atom. The molecule has 0 heterocycles. The van der Waals surface area contributed by atoms with Gasteiger partial charge in [-0.25, -0.2) is 0 Å². The Bertz CT molecular complexity index is 156. The van der Waals surface area contributed by atoms with Crippen molar-refractivity contribution in [3.63, 3.8) is 0 Å². The Hall–Kier alpha value is -1.71. The quantitative estimate of drug-likeness (QED) is 0.361. The van der Waals surface area contributed by atoms with Gasteiger partial charge in [-0.2, -0.15) is 0 Å². The molecule has 0 aromatic heterocycles. The van der Waals surface area contributed by atoms with E-state index < -0.39 is 17.9 Å². The number of hydrogen-bond acceptors (Lipinski definition) is 6. The molecular formula is C12H33N3O6. The van der Waals surface area contributed by atoms with Crippen LogP contribution in [0.25, 0.3) is 0 Å². The topological polar surface area (TPSA) is 190 Å². The highest BCUT2D eigenvalue weighted by Crippen LogP contribution is 1.42. The number of nitrogens with two attached hydrogens (primary N) is 3. The van der Waals surface area contributed by atoms with Crippen molar-refractivity contribution in [2.45, 2.75) is 41.5 Å². The number of carbonyl (C=O) groups is 3. The number of aliphatic carboxylic acids is 3. The molecule has 0 unspecified atom stereocenters. The lowest BCUT2D eigenvalue weighted by Gasteiger charge is -1.59. The predicted octanol–water partition coefficient (Wildman–Crippen LogP) is 0.168. The molecule has 0 rings (SSSR count). The first-order valence-electron chi connectivity index (χ1n) is 6.13. The van der Waals surface area contributed by atoms with Crippen LogP contribution in [-0.4, -0.2) is 52.9 Å². The van der Waals surface area contributed by atoms with E-state index in [-0.39, 0.29) is 0 Å². The molecular weight excluding hydrogens is 282 g/mol. The highest BCUT2D eigenvalue weighted by Gasteiger charge is 1.66. The summed E-state index contributed by atoms with van der Waals surface area (Å²) >= 11 is 0. The third-order valence-electron chi connectivity index (χ3n) is 0. The third-order valence-corrected chi connectivity index (χ3v) is 0. The summed E-state index contributed by atoms with van der Waals surface area (Å²) in [6, 6.07) is 0. The van der Waals surface area contributed by atoms with Crippen LogP contribution in [0.3, 0.4) is 0 Å². The van der Waals surface area contributed by atoms with E-state index in [0.29, 0.717) is 0 Å². The van der Waals surface area contributed by atoms with Crippen LogP contribution in [0.5, 0.6) is 0 Å². The first kappa shape index (κ1) is 36.5. The molecule has 9 nitrogen and oxygen atoms in total. The molecule has 9 N–H and O–H groups in total. The second-order valence-electron chi connectivity index (χ2n) is 2.78. The SMILES string of the molecule is CC(=O)O.CC(=O)O.CC(=O)O.CCN.CCN.CCN. The summed E-state index contributed by atoms with van der Waals surface area (Å²) in [5.74, 6) is -2.50. The van der Waals surface area contributed by atoms with E-state index in [1.807, 2.05) is 20.8 Å². The van der Waals surface area contributed by atoms with Crippen molar-refractivity contribution in [3.05, 3.63) is 0 Å². The van der Waals surface area contributed by atoms with E-state index in [1.165, 1.54) is 0 Å². The second-order valence-corrected chi connectivity index (χ2v) is 2.78. The number of hydrogen-bond donors (Lipinski definition) is 6. The zero-order valence-corrected chi connectivity index (χ0v) is 13.9. The molecule has 9 heteroatoms. The van der Waals surface area contributed by atoms with Crippen molar-refractivity contribution >= 4 is 17.9 Å². The van der Waals surface area contributed by atoms with Gasteiger partial charge in [-0.1, -0.05) is 20.8 Å². The fraction of sp³-hybridized carbons (Fsp3) is 0.750. The fourth-order valence-corrected chi connectivity index (χ4v) is 0. The van der Waals surface area contributed by atoms with E-state index in [0.717, 1.165) is 40.4 Å². The molecule has 0 amide bonds. The van der Waals surface area contributed by atoms with E-state index >= 15 is 0 Å². The fourth-order valence-electron chi connectivity index (χ4n) is 0. The van der Waals surface area contributed by atoms with Gasteiger partial charge >= 0.3 is 0 Å². The van der Waals surface area contributed by atoms with Gasteiger partial charge in [0.1, 0.15) is 0 Å². The molecule has 132 valence electrons. The van der Waals surface area contributed by atoms with Gasteiger partial charge in [-0.3, -0.25) is 14.4 Å². The smallest absolute Gasteiger partial charge is 0.300 e. The summed E-state index contributed by atoms with van der Waals surface area (Å²) in [6.45, 7) is 11.2. The summed E-state index contributed by atoms with van der Waals surface area (Å²) in [5.41, 5.74) is 14.5. The zero-order valence-electron chi connectivity index (χ0n) is 13.9. The van der Waals surface area contributed by atoms with E-state index in [4.69, 9.17) is 46.9 Å². The molecule has 0 aliphatic heterocycles. The van der Waals surface area contributed by atoms with Crippen LogP contribution < -0.4 is 17.2 Å². The monoisotopic (exact) mass is 315 g/mol. The molecule has 0 aromatic carbocycles. The minimum absolute atomic E-state index is 0.750. The summed E-state index contributed by atoms with van der Waals surface area (Å²) in [4.78, 5) is 27.0. The molecule has 0 aliphatic carbocycles. The molecule has 0 atom stereocenters. The highest BCUT2D eigenvalue weighted by molar-refractivity contribution is 5.63. The van der Waals surface area contributed by atoms with Crippen molar-refractivity contribution in [2.24, 2.45) is 17.2 Å². The lowest BCUT2D eigenvalue weighted by Crippen LogP contribution is -1.87. The second kappa shape index (κ2) is 51.6. The van der Waals surface area contributed by atoms with E-state index in [9.17, 15) is 0 Å². The molecule has 0 aromatic rings. The molecule has 0 spiro atoms. The number of rotatable bonds is 0. The van der Waals surface area contributed by atoms with Gasteiger partial charge in [0.2, 0.25) is 0 Å². The molecule has 0 saturated carbocycles. The van der Waals surface area contributed by atoms with Gasteiger partial charge in [0.15, 0.2) is 0 Å². The summed E-state index contributed by atoms with van der Waals surface area (Å²) < 4.78 is 0. The average molecular weight is 315 g/mol. The largest absolute Gasteiger partial charge is 0.481 e. The summed E-state index contributed by atoms with van der Waals surface area (Å²) in [7, 11) is 0. The maximum absolute atomic E-state index is 9.00. The standard InChI is InChI=1S/3C2H7N.3C2H4O2/c3*1-2-3;3*1-2(3)4/h3*2-3H2,1H3;3*1H3,(H,3,4). The molecule has 0 aliphatic rings. The van der Waals surface area contributed by atoms with Gasteiger partial charge in [-0.05, 0) is 19.6 Å². The van der Waals surface area contributed by atoms with Gasteiger partial charge in [0, 0.05) is 20.8 Å². The molecule has 0 bridgehead atoms. The third kappa shape index (κ3) is 1660. The normalized spacial score (nSPS) is 6.14. The van der Waals surface area contributed by atoms with Crippen LogP contribution in [0.4, 0.5) is 0 Å². The van der Waals surface area contributed by atoms with Gasteiger partial charge in [-0.15, -0.1) is 0 Å². The Morgan fingerprint density at radius 3 is 0.619 bits per heavy atom. The van der Waals surface area contributed by atoms with Crippen LogP contribution in [0.15, 0.2) is 0 Å². The first-order valence-corrected chi connectivity index (χ1v) is 6.13. The molecule has 0 fully saturated rings. The van der Waals surface area contributed by atoms with Crippen molar-refractivity contribution in [1.82, 2.24) is 0 Å². The van der Waals surface area contributed by atoms with E-state index in [1.54, 1.807) is 0 Å². The van der Waals surface area contributed by atoms with Crippen molar-refractivity contribution in [3.8, 4) is 0 Å². The van der Waals surface area contributed by atoms with Crippen LogP contribution in [0.1, 0.15) is 41.5 Å². The van der Waals surface area contributed by atoms with Crippen LogP contribution >= 0.6 is 0 Å². The Labute approximate surface area is 127 Å². The van der Waals surface area contributed by atoms with E-state index in [2.05, 4.69) is 0 Å². The highest BCUT2D eigenvalue weighted by atomic mass is 16.4. The minimum Gasteiger partial charge on any atom is -0.481 e. The lowest BCUT2D eigenvalue weighted by molar-refractivity contribution is -0.135. The Kier molecular flexibility index (Phi) is 89.8. The number of carboxylic acids is 3. The zero-order chi connectivity index (χ0) is 18.9. The minimum atomic E-state index is -0.833. The molecule has 21 heavy (non-hydrogen) atoms. The molecule has 0 radical (unpaired) electrons. The maximum Gasteiger partial charge on any atom is 0.300 e. The van der Waals surface area contributed by atoms with Gasteiger partial charge < -0.3 is 32.5 Å².